The van der Waals surface area contributed by atoms with Gasteiger partial charge < -0.3 is 31.9 Å². The lowest BCUT2D eigenvalue weighted by Crippen LogP contribution is -2.09. The molecule has 0 spiro atoms. The molecule has 0 radical (unpaired) electrons. The van der Waals surface area contributed by atoms with Gasteiger partial charge in [0.15, 0.2) is 0 Å². The predicted molar refractivity (Wildman–Crippen MR) is 272 cm³/mol. The van der Waals surface area contributed by atoms with Crippen LogP contribution in [-0.4, -0.2) is 0 Å². The molecular weight excluding hydrogens is 829 g/mol. The summed E-state index contributed by atoms with van der Waals surface area (Å²) >= 11 is 0. The number of hydrogen-bond acceptors (Lipinski definition) is 7. The standard InChI is InChI=1S/C60H34N2O5/c1-3-11-35(12-4-1)61(37-21-25-53-45(27-37)41-15-7-9-17-51(41)63-53)39-19-23-43-47-31-59-49(33-57(47)65-55(43)29-39)50-34-58-48(32-60(50)67-59)44-24-20-40(30-56(44)66-58)62(36-13-5-2-6-14-36)38-22-26-54-46(28-38)42-16-8-10-18-52(42)64-54/h1-34H. The molecule has 0 N–H and O–H groups in total. The summed E-state index contributed by atoms with van der Waals surface area (Å²) in [5, 5.41) is 10.3. The van der Waals surface area contributed by atoms with Crippen LogP contribution in [0.2, 0.25) is 0 Å². The lowest BCUT2D eigenvalue weighted by atomic mass is 10.1. The van der Waals surface area contributed by atoms with E-state index in [-0.39, 0.29) is 0 Å². The first kappa shape index (κ1) is 36.2. The van der Waals surface area contributed by atoms with Crippen molar-refractivity contribution in [3.63, 3.8) is 0 Å². The summed E-state index contributed by atoms with van der Waals surface area (Å²) in [5.74, 6) is 0. The molecule has 67 heavy (non-hydrogen) atoms. The molecular formula is C60H34N2O5. The number of fused-ring (bicyclic) bond motifs is 15. The topological polar surface area (TPSA) is 72.2 Å². The van der Waals surface area contributed by atoms with Gasteiger partial charge >= 0.3 is 0 Å². The Bertz CT molecular complexity index is 4190. The molecule has 0 fully saturated rings. The summed E-state index contributed by atoms with van der Waals surface area (Å²) in [6.07, 6.45) is 0. The highest BCUT2D eigenvalue weighted by atomic mass is 16.3. The lowest BCUT2D eigenvalue weighted by Gasteiger charge is -2.25. The van der Waals surface area contributed by atoms with Crippen molar-refractivity contribution in [3.05, 3.63) is 206 Å². The maximum absolute atomic E-state index is 6.72. The number of furan rings is 5. The summed E-state index contributed by atoms with van der Waals surface area (Å²) in [4.78, 5) is 4.52. The van der Waals surface area contributed by atoms with Crippen LogP contribution in [0.3, 0.4) is 0 Å². The van der Waals surface area contributed by atoms with Crippen LogP contribution >= 0.6 is 0 Å². The van der Waals surface area contributed by atoms with Crippen LogP contribution < -0.4 is 9.80 Å². The highest BCUT2D eigenvalue weighted by Gasteiger charge is 2.22. The van der Waals surface area contributed by atoms with Gasteiger partial charge in [0, 0.05) is 100 Å². The average molecular weight is 863 g/mol. The van der Waals surface area contributed by atoms with Crippen LogP contribution in [0.5, 0.6) is 0 Å². The van der Waals surface area contributed by atoms with Gasteiger partial charge in [-0.25, -0.2) is 0 Å². The van der Waals surface area contributed by atoms with E-state index >= 15 is 0 Å². The molecule has 0 unspecified atom stereocenters. The highest BCUT2D eigenvalue weighted by Crippen LogP contribution is 2.45. The van der Waals surface area contributed by atoms with Crippen LogP contribution in [-0.2, 0) is 0 Å². The fourth-order valence-electron chi connectivity index (χ4n) is 10.3. The number of rotatable bonds is 6. The Morgan fingerprint density at radius 2 is 0.463 bits per heavy atom. The third-order valence-corrected chi connectivity index (χ3v) is 13.4. The van der Waals surface area contributed by atoms with E-state index in [4.69, 9.17) is 22.1 Å². The minimum absolute atomic E-state index is 0.789. The number of benzene rings is 10. The van der Waals surface area contributed by atoms with Gasteiger partial charge in [0.05, 0.1) is 0 Å². The molecule has 0 amide bonds. The Hall–Kier alpha value is -9.20. The average Bonchev–Trinajstić information content (AvgIpc) is 4.19. The molecule has 5 aromatic heterocycles. The molecule has 0 atom stereocenters. The Morgan fingerprint density at radius 3 is 0.896 bits per heavy atom. The molecule has 0 aliphatic rings. The third kappa shape index (κ3) is 5.46. The smallest absolute Gasteiger partial charge is 0.137 e. The van der Waals surface area contributed by atoms with E-state index in [0.717, 1.165) is 144 Å². The van der Waals surface area contributed by atoms with Crippen molar-refractivity contribution in [2.45, 2.75) is 0 Å². The summed E-state index contributed by atoms with van der Waals surface area (Å²) in [7, 11) is 0. The zero-order chi connectivity index (χ0) is 43.7. The van der Waals surface area contributed by atoms with E-state index in [1.54, 1.807) is 0 Å². The van der Waals surface area contributed by atoms with E-state index in [1.165, 1.54) is 0 Å². The van der Waals surface area contributed by atoms with Crippen molar-refractivity contribution in [2.24, 2.45) is 0 Å². The first-order chi connectivity index (χ1) is 33.1. The summed E-state index contributed by atoms with van der Waals surface area (Å²) in [5.41, 5.74) is 14.3. The summed E-state index contributed by atoms with van der Waals surface area (Å²) in [6, 6.07) is 71.3. The zero-order valence-electron chi connectivity index (χ0n) is 35.6. The zero-order valence-corrected chi connectivity index (χ0v) is 35.6. The van der Waals surface area contributed by atoms with Crippen molar-refractivity contribution in [1.29, 1.82) is 0 Å². The van der Waals surface area contributed by atoms with Gasteiger partial charge in [-0.2, -0.15) is 0 Å². The Morgan fingerprint density at radius 1 is 0.179 bits per heavy atom. The van der Waals surface area contributed by atoms with E-state index < -0.39 is 0 Å². The third-order valence-electron chi connectivity index (χ3n) is 13.4. The number of hydrogen-bond donors (Lipinski definition) is 0. The predicted octanol–water partition coefficient (Wildman–Crippen LogP) is 18.1. The normalized spacial score (nSPS) is 12.2. The Labute approximate surface area is 380 Å². The fourth-order valence-corrected chi connectivity index (χ4v) is 10.3. The first-order valence-electron chi connectivity index (χ1n) is 22.4. The minimum atomic E-state index is 0.789. The van der Waals surface area contributed by atoms with Crippen molar-refractivity contribution < 1.29 is 22.1 Å². The minimum Gasteiger partial charge on any atom is -0.456 e. The molecule has 314 valence electrons. The molecule has 0 aliphatic heterocycles. The Balaban J connectivity index is 0.829. The van der Waals surface area contributed by atoms with E-state index in [9.17, 15) is 0 Å². The van der Waals surface area contributed by atoms with Crippen LogP contribution in [0.1, 0.15) is 0 Å². The molecule has 15 aromatic rings. The molecule has 0 saturated carbocycles. The van der Waals surface area contributed by atoms with Gasteiger partial charge in [-0.3, -0.25) is 0 Å². The molecule has 5 heterocycles. The van der Waals surface area contributed by atoms with Gasteiger partial charge in [0.1, 0.15) is 55.8 Å². The summed E-state index contributed by atoms with van der Waals surface area (Å²) in [6.45, 7) is 0. The molecule has 7 nitrogen and oxygen atoms in total. The molecule has 0 saturated heterocycles. The quantitative estimate of drug-likeness (QED) is 0.165. The number of anilines is 6. The maximum Gasteiger partial charge on any atom is 0.137 e. The van der Waals surface area contributed by atoms with E-state index in [2.05, 4.69) is 180 Å². The summed E-state index contributed by atoms with van der Waals surface area (Å²) < 4.78 is 32.5. The number of nitrogens with zero attached hydrogens (tertiary/aromatic N) is 2. The monoisotopic (exact) mass is 862 g/mol. The van der Waals surface area contributed by atoms with Gasteiger partial charge in [-0.1, -0.05) is 72.8 Å². The SMILES string of the molecule is c1ccc(N(c2ccc3c(c2)oc2cc4c(cc23)oc2cc3c(cc24)oc2cc(N(c4ccccc4)c4ccc5oc6ccccc6c5c4)ccc23)c2ccc3oc4ccccc4c3c2)cc1. The maximum atomic E-state index is 6.72. The molecule has 7 heteroatoms. The lowest BCUT2D eigenvalue weighted by molar-refractivity contribution is 0.662. The second kappa shape index (κ2) is 13.7. The second-order valence-electron chi connectivity index (χ2n) is 17.3. The van der Waals surface area contributed by atoms with Gasteiger partial charge in [0.2, 0.25) is 0 Å². The van der Waals surface area contributed by atoms with Crippen molar-refractivity contribution in [2.75, 3.05) is 9.80 Å². The van der Waals surface area contributed by atoms with Gasteiger partial charge in [-0.15, -0.1) is 0 Å². The fraction of sp³-hybridized carbons (Fsp3) is 0. The molecule has 10 aromatic carbocycles. The Kier molecular flexibility index (Phi) is 7.37. The molecule has 15 rings (SSSR count). The van der Waals surface area contributed by atoms with Crippen LogP contribution in [0.15, 0.2) is 228 Å². The van der Waals surface area contributed by atoms with E-state index in [1.807, 2.05) is 36.4 Å². The van der Waals surface area contributed by atoms with Gasteiger partial charge in [-0.05, 0) is 121 Å². The van der Waals surface area contributed by atoms with Crippen molar-refractivity contribution in [1.82, 2.24) is 0 Å². The number of para-hydroxylation sites is 4. The first-order valence-corrected chi connectivity index (χ1v) is 22.4. The largest absolute Gasteiger partial charge is 0.456 e. The second-order valence-corrected chi connectivity index (χ2v) is 17.3. The van der Waals surface area contributed by atoms with Crippen molar-refractivity contribution >= 4 is 144 Å². The molecule has 0 bridgehead atoms. The van der Waals surface area contributed by atoms with Crippen LogP contribution in [0.25, 0.3) is 110 Å². The van der Waals surface area contributed by atoms with Crippen LogP contribution in [0, 0.1) is 0 Å². The van der Waals surface area contributed by atoms with E-state index in [0.29, 0.717) is 0 Å². The highest BCUT2D eigenvalue weighted by molar-refractivity contribution is 6.19. The van der Waals surface area contributed by atoms with Gasteiger partial charge in [0.25, 0.3) is 0 Å². The molecule has 0 aliphatic carbocycles. The van der Waals surface area contributed by atoms with Crippen molar-refractivity contribution in [3.8, 4) is 0 Å². The van der Waals surface area contributed by atoms with Crippen LogP contribution in [0.4, 0.5) is 34.1 Å².